The SMILES string of the molecule is Cc1ccc(C(=O)COC(=O)c2ccccc2S(=O)(=O)c2ccccc2[N+](=O)[O-])cc1. The zero-order valence-electron chi connectivity index (χ0n) is 16.3. The first kappa shape index (κ1) is 21.8. The highest BCUT2D eigenvalue weighted by Crippen LogP contribution is 2.31. The Labute approximate surface area is 178 Å². The molecule has 0 spiro atoms. The van der Waals surface area contributed by atoms with Crippen molar-refractivity contribution in [3.63, 3.8) is 0 Å². The summed E-state index contributed by atoms with van der Waals surface area (Å²) in [6.07, 6.45) is 0. The largest absolute Gasteiger partial charge is 0.454 e. The second-order valence-electron chi connectivity index (χ2n) is 6.59. The van der Waals surface area contributed by atoms with Gasteiger partial charge < -0.3 is 4.74 Å². The number of hydrogen-bond donors (Lipinski definition) is 0. The Balaban J connectivity index is 1.89. The van der Waals surface area contributed by atoms with E-state index in [1.807, 2.05) is 6.92 Å². The van der Waals surface area contributed by atoms with Crippen LogP contribution in [0.4, 0.5) is 5.69 Å². The summed E-state index contributed by atoms with van der Waals surface area (Å²) in [5.74, 6) is -1.48. The number of carbonyl (C=O) groups excluding carboxylic acids is 2. The van der Waals surface area contributed by atoms with Crippen LogP contribution >= 0.6 is 0 Å². The molecule has 8 nitrogen and oxygen atoms in total. The van der Waals surface area contributed by atoms with Crippen molar-refractivity contribution in [1.82, 2.24) is 0 Å². The zero-order chi connectivity index (χ0) is 22.6. The number of ketones is 1. The number of hydrogen-bond acceptors (Lipinski definition) is 7. The summed E-state index contributed by atoms with van der Waals surface area (Å²) in [6, 6.07) is 16.7. The second kappa shape index (κ2) is 8.88. The van der Waals surface area contributed by atoms with E-state index in [1.165, 1.54) is 30.3 Å². The lowest BCUT2D eigenvalue weighted by Crippen LogP contribution is -2.17. The zero-order valence-corrected chi connectivity index (χ0v) is 17.2. The first-order valence-electron chi connectivity index (χ1n) is 9.06. The van der Waals surface area contributed by atoms with Gasteiger partial charge in [-0.3, -0.25) is 14.9 Å². The Morgan fingerprint density at radius 3 is 2.13 bits per heavy atom. The topological polar surface area (TPSA) is 121 Å². The molecule has 0 bridgehead atoms. The second-order valence-corrected chi connectivity index (χ2v) is 8.48. The molecule has 0 saturated carbocycles. The van der Waals surface area contributed by atoms with Crippen LogP contribution in [0.1, 0.15) is 26.3 Å². The number of nitrogens with zero attached hydrogens (tertiary/aromatic N) is 1. The summed E-state index contributed by atoms with van der Waals surface area (Å²) in [7, 11) is -4.41. The predicted octanol–water partition coefficient (Wildman–Crippen LogP) is 3.78. The van der Waals surface area contributed by atoms with Crippen LogP contribution in [0.5, 0.6) is 0 Å². The van der Waals surface area contributed by atoms with E-state index in [0.717, 1.165) is 23.8 Å². The number of aryl methyl sites for hydroxylation is 1. The summed E-state index contributed by atoms with van der Waals surface area (Å²) in [5.41, 5.74) is 0.375. The monoisotopic (exact) mass is 439 g/mol. The van der Waals surface area contributed by atoms with Crippen LogP contribution in [-0.4, -0.2) is 31.7 Å². The molecule has 0 aliphatic rings. The summed E-state index contributed by atoms with van der Waals surface area (Å²) in [6.45, 7) is 1.28. The molecule has 0 fully saturated rings. The van der Waals surface area contributed by atoms with Crippen molar-refractivity contribution in [2.45, 2.75) is 16.7 Å². The lowest BCUT2D eigenvalue weighted by Gasteiger charge is -2.11. The van der Waals surface area contributed by atoms with Gasteiger partial charge in [-0.05, 0) is 25.1 Å². The highest BCUT2D eigenvalue weighted by molar-refractivity contribution is 7.91. The molecule has 9 heteroatoms. The normalized spacial score (nSPS) is 11.0. The molecular formula is C22H17NO7S. The average Bonchev–Trinajstić information content (AvgIpc) is 2.77. The van der Waals surface area contributed by atoms with Gasteiger partial charge in [-0.2, -0.15) is 0 Å². The summed E-state index contributed by atoms with van der Waals surface area (Å²) in [5, 5.41) is 11.3. The summed E-state index contributed by atoms with van der Waals surface area (Å²) >= 11 is 0. The Morgan fingerprint density at radius 1 is 0.903 bits per heavy atom. The molecular weight excluding hydrogens is 422 g/mol. The first-order valence-corrected chi connectivity index (χ1v) is 10.5. The van der Waals surface area contributed by atoms with E-state index in [1.54, 1.807) is 24.3 Å². The quantitative estimate of drug-likeness (QED) is 0.238. The van der Waals surface area contributed by atoms with Crippen LogP contribution in [0.3, 0.4) is 0 Å². The number of benzene rings is 3. The standard InChI is InChI=1S/C22H17NO7S/c1-15-10-12-16(13-11-15)19(24)14-30-22(25)17-6-2-4-8-20(17)31(28,29)21-9-5-3-7-18(21)23(26)27/h2-13H,14H2,1H3. The molecule has 0 aliphatic heterocycles. The van der Waals surface area contributed by atoms with Crippen LogP contribution in [-0.2, 0) is 14.6 Å². The van der Waals surface area contributed by atoms with E-state index in [-0.39, 0.29) is 5.56 Å². The van der Waals surface area contributed by atoms with E-state index in [0.29, 0.717) is 5.56 Å². The van der Waals surface area contributed by atoms with Gasteiger partial charge >= 0.3 is 5.97 Å². The molecule has 3 aromatic rings. The van der Waals surface area contributed by atoms with Crippen LogP contribution in [0.15, 0.2) is 82.6 Å². The van der Waals surface area contributed by atoms with Crippen molar-refractivity contribution in [1.29, 1.82) is 0 Å². The Morgan fingerprint density at radius 2 is 1.48 bits per heavy atom. The average molecular weight is 439 g/mol. The van der Waals surface area contributed by atoms with Gasteiger partial charge in [0.25, 0.3) is 5.69 Å². The third-order valence-corrected chi connectivity index (χ3v) is 6.32. The smallest absolute Gasteiger partial charge is 0.339 e. The molecule has 3 rings (SSSR count). The molecule has 0 unspecified atom stereocenters. The van der Waals surface area contributed by atoms with Gasteiger partial charge in [0.1, 0.15) is 4.90 Å². The molecule has 158 valence electrons. The van der Waals surface area contributed by atoms with Gasteiger partial charge in [0.05, 0.1) is 15.4 Å². The predicted molar refractivity (Wildman–Crippen MR) is 111 cm³/mol. The number of nitro groups is 1. The Kier molecular flexibility index (Phi) is 6.26. The van der Waals surface area contributed by atoms with Gasteiger partial charge in [0, 0.05) is 11.6 Å². The third-order valence-electron chi connectivity index (χ3n) is 4.46. The molecule has 0 N–H and O–H groups in total. The van der Waals surface area contributed by atoms with E-state index >= 15 is 0 Å². The third kappa shape index (κ3) is 4.67. The first-order chi connectivity index (χ1) is 14.7. The van der Waals surface area contributed by atoms with E-state index in [9.17, 15) is 28.1 Å². The molecule has 0 heterocycles. The van der Waals surface area contributed by atoms with Crippen molar-refractivity contribution in [2.75, 3.05) is 6.61 Å². The van der Waals surface area contributed by atoms with Crippen molar-refractivity contribution < 1.29 is 27.7 Å². The fourth-order valence-electron chi connectivity index (χ4n) is 2.85. The van der Waals surface area contributed by atoms with Gasteiger partial charge in [-0.25, -0.2) is 13.2 Å². The minimum atomic E-state index is -4.41. The number of esters is 1. The number of rotatable bonds is 7. The fraction of sp³-hybridized carbons (Fsp3) is 0.0909. The highest BCUT2D eigenvalue weighted by atomic mass is 32.2. The molecule has 0 radical (unpaired) electrons. The highest BCUT2D eigenvalue weighted by Gasteiger charge is 2.31. The minimum Gasteiger partial charge on any atom is -0.454 e. The lowest BCUT2D eigenvalue weighted by molar-refractivity contribution is -0.387. The number of nitro benzene ring substituents is 1. The van der Waals surface area contributed by atoms with E-state index < -0.39 is 48.6 Å². The van der Waals surface area contributed by atoms with E-state index in [4.69, 9.17) is 4.74 Å². The number of sulfone groups is 1. The van der Waals surface area contributed by atoms with Crippen LogP contribution in [0, 0.1) is 17.0 Å². The molecule has 0 amide bonds. The van der Waals surface area contributed by atoms with Crippen molar-refractivity contribution >= 4 is 27.3 Å². The molecule has 0 atom stereocenters. The maximum Gasteiger partial charge on any atom is 0.339 e. The van der Waals surface area contributed by atoms with Crippen LogP contribution in [0.2, 0.25) is 0 Å². The fourth-order valence-corrected chi connectivity index (χ4v) is 4.47. The molecule has 0 aromatic heterocycles. The lowest BCUT2D eigenvalue weighted by atomic mass is 10.1. The minimum absolute atomic E-state index is 0.322. The van der Waals surface area contributed by atoms with Gasteiger partial charge in [0.2, 0.25) is 9.84 Å². The number of Topliss-reactive ketones (excluding diaryl/α,β-unsaturated/α-hetero) is 1. The van der Waals surface area contributed by atoms with E-state index in [2.05, 4.69) is 0 Å². The number of carbonyl (C=O) groups is 2. The van der Waals surface area contributed by atoms with Crippen LogP contribution in [0.25, 0.3) is 0 Å². The maximum atomic E-state index is 13.1. The molecule has 3 aromatic carbocycles. The summed E-state index contributed by atoms with van der Waals surface area (Å²) in [4.78, 5) is 34.3. The maximum absolute atomic E-state index is 13.1. The van der Waals surface area contributed by atoms with Crippen molar-refractivity contribution in [3.05, 3.63) is 99.6 Å². The van der Waals surface area contributed by atoms with Gasteiger partial charge in [-0.15, -0.1) is 0 Å². The van der Waals surface area contributed by atoms with Gasteiger partial charge in [-0.1, -0.05) is 54.1 Å². The molecule has 31 heavy (non-hydrogen) atoms. The van der Waals surface area contributed by atoms with Crippen LogP contribution < -0.4 is 0 Å². The Hall–Kier alpha value is -3.85. The molecule has 0 saturated heterocycles. The molecule has 0 aliphatic carbocycles. The summed E-state index contributed by atoms with van der Waals surface area (Å²) < 4.78 is 31.2. The van der Waals surface area contributed by atoms with Crippen molar-refractivity contribution in [3.8, 4) is 0 Å². The van der Waals surface area contributed by atoms with Gasteiger partial charge in [0.15, 0.2) is 12.4 Å². The van der Waals surface area contributed by atoms with Crippen molar-refractivity contribution in [2.24, 2.45) is 0 Å². The number of para-hydroxylation sites is 1. The number of ether oxygens (including phenoxy) is 1. The Bertz CT molecular complexity index is 1270.